The van der Waals surface area contributed by atoms with Crippen LogP contribution in [0.2, 0.25) is 5.02 Å². The molecule has 0 spiro atoms. The zero-order chi connectivity index (χ0) is 20.3. The fourth-order valence-corrected chi connectivity index (χ4v) is 3.94. The van der Waals surface area contributed by atoms with Crippen LogP contribution in [0, 0.1) is 12.7 Å². The summed E-state index contributed by atoms with van der Waals surface area (Å²) in [6, 6.07) is 17.7. The molecular weight excluding hydrogens is 401 g/mol. The Bertz CT molecular complexity index is 1130. The number of benzene rings is 3. The van der Waals surface area contributed by atoms with E-state index in [1.165, 1.54) is 18.2 Å². The molecule has 0 aliphatic rings. The van der Waals surface area contributed by atoms with E-state index >= 15 is 0 Å². The lowest BCUT2D eigenvalue weighted by Gasteiger charge is -2.11. The predicted molar refractivity (Wildman–Crippen MR) is 108 cm³/mol. The average molecular weight is 418 g/mol. The number of ketones is 1. The molecule has 28 heavy (non-hydrogen) atoms. The van der Waals surface area contributed by atoms with E-state index in [0.717, 1.165) is 5.56 Å². The minimum Gasteiger partial charge on any atom is -0.293 e. The number of carbonyl (C=O) groups excluding carboxylic acids is 1. The first kappa shape index (κ1) is 20.2. The predicted octanol–water partition coefficient (Wildman–Crippen LogP) is 4.62. The molecule has 0 aliphatic heterocycles. The van der Waals surface area contributed by atoms with Crippen molar-refractivity contribution in [1.29, 1.82) is 0 Å². The van der Waals surface area contributed by atoms with Gasteiger partial charge in [-0.25, -0.2) is 17.5 Å². The summed E-state index contributed by atoms with van der Waals surface area (Å²) in [5.74, 6) is -1.33. The number of Topliss-reactive ketones (excluding diaryl/α,β-unsaturated/α-hetero) is 1. The van der Waals surface area contributed by atoms with Crippen molar-refractivity contribution >= 4 is 27.4 Å². The largest absolute Gasteiger partial charge is 0.293 e. The van der Waals surface area contributed by atoms with Crippen LogP contribution in [-0.4, -0.2) is 20.7 Å². The Morgan fingerprint density at radius 2 is 1.71 bits per heavy atom. The lowest BCUT2D eigenvalue weighted by molar-refractivity contribution is 0.0993. The van der Waals surface area contributed by atoms with E-state index in [4.69, 9.17) is 11.6 Å². The van der Waals surface area contributed by atoms with E-state index in [0.29, 0.717) is 10.6 Å². The maximum Gasteiger partial charge on any atom is 0.240 e. The Labute approximate surface area is 168 Å². The maximum atomic E-state index is 14.5. The fourth-order valence-electron chi connectivity index (χ4n) is 2.75. The molecule has 0 saturated heterocycles. The molecule has 1 N–H and O–H groups in total. The van der Waals surface area contributed by atoms with Gasteiger partial charge < -0.3 is 0 Å². The highest BCUT2D eigenvalue weighted by molar-refractivity contribution is 7.89. The minimum atomic E-state index is -3.86. The molecule has 3 aromatic carbocycles. The maximum absolute atomic E-state index is 14.5. The molecule has 0 heterocycles. The second kappa shape index (κ2) is 8.22. The summed E-state index contributed by atoms with van der Waals surface area (Å²) in [7, 11) is -3.86. The average Bonchev–Trinajstić information content (AvgIpc) is 2.69. The number of carbonyl (C=O) groups is 1. The highest BCUT2D eigenvalue weighted by Gasteiger charge is 2.20. The summed E-state index contributed by atoms with van der Waals surface area (Å²) in [6.07, 6.45) is 0. The third-order valence-corrected chi connectivity index (χ3v) is 5.84. The lowest BCUT2D eigenvalue weighted by atomic mass is 9.98. The van der Waals surface area contributed by atoms with Crippen LogP contribution in [0.3, 0.4) is 0 Å². The normalized spacial score (nSPS) is 11.4. The van der Waals surface area contributed by atoms with Gasteiger partial charge in [-0.2, -0.15) is 0 Å². The molecule has 0 aliphatic carbocycles. The molecule has 0 fully saturated rings. The van der Waals surface area contributed by atoms with E-state index in [1.54, 1.807) is 55.5 Å². The summed E-state index contributed by atoms with van der Waals surface area (Å²) < 4.78 is 41.3. The molecule has 0 bridgehead atoms. The Hall–Kier alpha value is -2.54. The van der Waals surface area contributed by atoms with Crippen LogP contribution in [0.15, 0.2) is 71.6 Å². The van der Waals surface area contributed by atoms with E-state index in [9.17, 15) is 17.6 Å². The van der Waals surface area contributed by atoms with Crippen molar-refractivity contribution in [2.75, 3.05) is 6.54 Å². The summed E-state index contributed by atoms with van der Waals surface area (Å²) in [6.45, 7) is 1.00. The van der Waals surface area contributed by atoms with Crippen molar-refractivity contribution in [3.63, 3.8) is 0 Å². The number of hydrogen-bond acceptors (Lipinski definition) is 3. The molecule has 0 atom stereocenters. The van der Waals surface area contributed by atoms with Crippen LogP contribution in [-0.2, 0) is 10.0 Å². The first-order valence-corrected chi connectivity index (χ1v) is 10.3. The second-order valence-corrected chi connectivity index (χ2v) is 8.43. The molecule has 0 aromatic heterocycles. The highest BCUT2D eigenvalue weighted by Crippen LogP contribution is 2.27. The van der Waals surface area contributed by atoms with Gasteiger partial charge in [0.15, 0.2) is 5.78 Å². The SMILES string of the molecule is Cc1cc(-c2cccc(Cl)c2)cc(C(=O)CNS(=O)(=O)c2ccccc2)c1F. The van der Waals surface area contributed by atoms with Crippen molar-refractivity contribution in [2.24, 2.45) is 0 Å². The van der Waals surface area contributed by atoms with E-state index in [-0.39, 0.29) is 16.0 Å². The van der Waals surface area contributed by atoms with Gasteiger partial charge in [-0.15, -0.1) is 0 Å². The first-order chi connectivity index (χ1) is 13.3. The number of aryl methyl sites for hydroxylation is 1. The van der Waals surface area contributed by atoms with Crippen LogP contribution in [0.5, 0.6) is 0 Å². The van der Waals surface area contributed by atoms with Gasteiger partial charge >= 0.3 is 0 Å². The number of nitrogens with one attached hydrogen (secondary N) is 1. The van der Waals surface area contributed by atoms with E-state index < -0.39 is 28.2 Å². The summed E-state index contributed by atoms with van der Waals surface area (Å²) in [4.78, 5) is 12.6. The van der Waals surface area contributed by atoms with Gasteiger partial charge in [-0.05, 0) is 60.0 Å². The molecule has 4 nitrogen and oxygen atoms in total. The van der Waals surface area contributed by atoms with Crippen LogP contribution >= 0.6 is 11.6 Å². The quantitative estimate of drug-likeness (QED) is 0.595. The Morgan fingerprint density at radius 1 is 1.00 bits per heavy atom. The first-order valence-electron chi connectivity index (χ1n) is 8.42. The Morgan fingerprint density at radius 3 is 2.39 bits per heavy atom. The monoisotopic (exact) mass is 417 g/mol. The smallest absolute Gasteiger partial charge is 0.240 e. The van der Waals surface area contributed by atoms with Gasteiger partial charge in [-0.3, -0.25) is 4.79 Å². The topological polar surface area (TPSA) is 63.2 Å². The summed E-state index contributed by atoms with van der Waals surface area (Å²) in [5, 5.41) is 0.517. The Balaban J connectivity index is 1.87. The van der Waals surface area contributed by atoms with E-state index in [1.807, 2.05) is 0 Å². The standard InChI is InChI=1S/C21H17ClFNO3S/c1-14-10-16(15-6-5-7-17(22)11-15)12-19(21(14)23)20(25)13-24-28(26,27)18-8-3-2-4-9-18/h2-12,24H,13H2,1H3. The molecule has 0 radical (unpaired) electrons. The zero-order valence-corrected chi connectivity index (χ0v) is 16.5. The summed E-state index contributed by atoms with van der Waals surface area (Å²) >= 11 is 6.01. The number of hydrogen-bond donors (Lipinski definition) is 1. The van der Waals surface area contributed by atoms with Gasteiger partial charge in [0.1, 0.15) is 5.82 Å². The third kappa shape index (κ3) is 4.47. The van der Waals surface area contributed by atoms with Crippen LogP contribution in [0.25, 0.3) is 11.1 Å². The van der Waals surface area contributed by atoms with Gasteiger partial charge in [-0.1, -0.05) is 41.9 Å². The van der Waals surface area contributed by atoms with Gasteiger partial charge in [0.05, 0.1) is 17.0 Å². The third-order valence-electron chi connectivity index (χ3n) is 4.19. The van der Waals surface area contributed by atoms with Crippen LogP contribution < -0.4 is 4.72 Å². The Kier molecular flexibility index (Phi) is 5.93. The fraction of sp³-hybridized carbons (Fsp3) is 0.0952. The van der Waals surface area contributed by atoms with Crippen LogP contribution in [0.1, 0.15) is 15.9 Å². The van der Waals surface area contributed by atoms with Crippen molar-refractivity contribution in [3.05, 3.63) is 88.7 Å². The summed E-state index contributed by atoms with van der Waals surface area (Å²) in [5.41, 5.74) is 1.46. The molecule has 0 amide bonds. The van der Waals surface area contributed by atoms with E-state index in [2.05, 4.69) is 4.72 Å². The molecule has 0 saturated carbocycles. The molecule has 0 unspecified atom stereocenters. The molecular formula is C21H17ClFNO3S. The van der Waals surface area contributed by atoms with Gasteiger partial charge in [0, 0.05) is 5.02 Å². The van der Waals surface area contributed by atoms with Crippen molar-refractivity contribution in [3.8, 4) is 11.1 Å². The minimum absolute atomic E-state index is 0.0344. The zero-order valence-electron chi connectivity index (χ0n) is 14.9. The highest BCUT2D eigenvalue weighted by atomic mass is 35.5. The van der Waals surface area contributed by atoms with Gasteiger partial charge in [0.2, 0.25) is 10.0 Å². The lowest BCUT2D eigenvalue weighted by Crippen LogP contribution is -2.30. The van der Waals surface area contributed by atoms with Gasteiger partial charge in [0.25, 0.3) is 0 Å². The molecule has 144 valence electrons. The van der Waals surface area contributed by atoms with Crippen molar-refractivity contribution in [2.45, 2.75) is 11.8 Å². The second-order valence-electron chi connectivity index (χ2n) is 6.23. The van der Waals surface area contributed by atoms with Crippen molar-refractivity contribution in [1.82, 2.24) is 4.72 Å². The number of sulfonamides is 1. The van der Waals surface area contributed by atoms with Crippen LogP contribution in [0.4, 0.5) is 4.39 Å². The number of rotatable bonds is 6. The molecule has 3 rings (SSSR count). The molecule has 3 aromatic rings. The number of halogens is 2. The molecule has 7 heteroatoms. The van der Waals surface area contributed by atoms with Crippen molar-refractivity contribution < 1.29 is 17.6 Å².